The lowest BCUT2D eigenvalue weighted by molar-refractivity contribution is -0.150. The Morgan fingerprint density at radius 2 is 1.86 bits per heavy atom. The fourth-order valence-corrected chi connectivity index (χ4v) is 2.11. The zero-order chi connectivity index (χ0) is 15.9. The van der Waals surface area contributed by atoms with E-state index in [1.54, 1.807) is 42.5 Å². The Morgan fingerprint density at radius 1 is 1.14 bits per heavy atom. The van der Waals surface area contributed by atoms with E-state index in [9.17, 15) is 4.79 Å². The Morgan fingerprint density at radius 3 is 2.55 bits per heavy atom. The van der Waals surface area contributed by atoms with Gasteiger partial charge in [0.25, 0.3) is 0 Å². The van der Waals surface area contributed by atoms with Gasteiger partial charge in [0.05, 0.1) is 5.02 Å². The molecule has 0 saturated carbocycles. The number of esters is 1. The number of rotatable bonds is 5. The molecule has 0 saturated heterocycles. The van der Waals surface area contributed by atoms with Gasteiger partial charge in [0.1, 0.15) is 10.8 Å². The molecule has 112 valence electrons. The first kappa shape index (κ1) is 16.2. The molecule has 1 unspecified atom stereocenters. The number of hydrogen-bond donors (Lipinski definition) is 0. The van der Waals surface area contributed by atoms with Gasteiger partial charge in [0, 0.05) is 5.56 Å². The largest absolute Gasteiger partial charge is 0.472 e. The van der Waals surface area contributed by atoms with Crippen molar-refractivity contribution >= 4 is 29.2 Å². The summed E-state index contributed by atoms with van der Waals surface area (Å²) in [6, 6.07) is 13.8. The lowest BCUT2D eigenvalue weighted by Gasteiger charge is -2.18. The molecule has 0 N–H and O–H groups in total. The molecule has 0 heterocycles. The maximum atomic E-state index is 12.2. The quantitative estimate of drug-likeness (QED) is 0.604. The van der Waals surface area contributed by atoms with Crippen molar-refractivity contribution in [1.29, 1.82) is 0 Å². The Labute approximate surface area is 138 Å². The van der Waals surface area contributed by atoms with Crippen molar-refractivity contribution in [3.63, 3.8) is 0 Å². The second-order valence-electron chi connectivity index (χ2n) is 4.27. The lowest BCUT2D eigenvalue weighted by Crippen LogP contribution is -2.21. The smallest absolute Gasteiger partial charge is 0.353 e. The monoisotopic (exact) mass is 334 g/mol. The number of halogens is 2. The Kier molecular flexibility index (Phi) is 5.71. The van der Waals surface area contributed by atoms with Gasteiger partial charge < -0.3 is 9.47 Å². The van der Waals surface area contributed by atoms with Crippen molar-refractivity contribution in [3.05, 3.63) is 64.1 Å². The predicted octanol–water partition coefficient (Wildman–Crippen LogP) is 4.29. The summed E-state index contributed by atoms with van der Waals surface area (Å²) in [5.74, 6) is 1.94. The van der Waals surface area contributed by atoms with Crippen LogP contribution in [-0.4, -0.2) is 12.6 Å². The van der Waals surface area contributed by atoms with E-state index < -0.39 is 12.1 Å². The summed E-state index contributed by atoms with van der Waals surface area (Å²) in [4.78, 5) is 12.2. The maximum Gasteiger partial charge on any atom is 0.353 e. The Balaban J connectivity index is 2.31. The van der Waals surface area contributed by atoms with Crippen molar-refractivity contribution in [1.82, 2.24) is 0 Å². The summed E-state index contributed by atoms with van der Waals surface area (Å²) in [6.07, 6.45) is 4.12. The molecular formula is C17H12Cl2O3. The van der Waals surface area contributed by atoms with E-state index in [2.05, 4.69) is 5.92 Å². The highest BCUT2D eigenvalue weighted by Gasteiger charge is 2.25. The third-order valence-electron chi connectivity index (χ3n) is 2.78. The Bertz CT molecular complexity index is 693. The number of benzene rings is 2. The maximum absolute atomic E-state index is 12.2. The van der Waals surface area contributed by atoms with Crippen molar-refractivity contribution in [2.24, 2.45) is 0 Å². The molecule has 0 amide bonds. The molecule has 0 aliphatic carbocycles. The number of hydrogen-bond acceptors (Lipinski definition) is 3. The van der Waals surface area contributed by atoms with Gasteiger partial charge in [0.2, 0.25) is 6.10 Å². The van der Waals surface area contributed by atoms with E-state index in [0.29, 0.717) is 16.3 Å². The van der Waals surface area contributed by atoms with Crippen LogP contribution in [0, 0.1) is 12.3 Å². The second-order valence-corrected chi connectivity index (χ2v) is 5.06. The lowest BCUT2D eigenvalue weighted by atomic mass is 10.1. The third kappa shape index (κ3) is 3.94. The summed E-state index contributed by atoms with van der Waals surface area (Å²) in [5.41, 5.74) is 0.626. The number of carbonyl (C=O) groups excluding carboxylic acids is 1. The molecule has 2 aromatic carbocycles. The number of ether oxygens (including phenoxy) is 2. The van der Waals surface area contributed by atoms with Gasteiger partial charge in [0.15, 0.2) is 6.61 Å². The average molecular weight is 335 g/mol. The molecule has 5 heteroatoms. The normalized spacial score (nSPS) is 11.3. The minimum atomic E-state index is -0.981. The highest BCUT2D eigenvalue weighted by atomic mass is 35.5. The fraction of sp³-hybridized carbons (Fsp3) is 0.118. The van der Waals surface area contributed by atoms with Gasteiger partial charge in [-0.3, -0.25) is 0 Å². The standard InChI is InChI=1S/C17H12Cl2O3/c1-2-11-21-17(20)16(12-7-4-3-5-8-12)22-14-10-6-9-13(18)15(14)19/h1,3-10,16H,11H2. The average Bonchev–Trinajstić information content (AvgIpc) is 2.55. The second kappa shape index (κ2) is 7.74. The molecule has 0 spiro atoms. The number of carbonyl (C=O) groups is 1. The Hall–Kier alpha value is -2.15. The van der Waals surface area contributed by atoms with E-state index in [1.165, 1.54) is 0 Å². The summed E-state index contributed by atoms with van der Waals surface area (Å²) < 4.78 is 10.7. The summed E-state index contributed by atoms with van der Waals surface area (Å²) in [5, 5.41) is 0.567. The van der Waals surface area contributed by atoms with Crippen LogP contribution in [-0.2, 0) is 9.53 Å². The van der Waals surface area contributed by atoms with Gasteiger partial charge in [-0.1, -0.05) is 65.5 Å². The molecule has 0 radical (unpaired) electrons. The SMILES string of the molecule is C#CCOC(=O)C(Oc1cccc(Cl)c1Cl)c1ccccc1. The molecule has 2 rings (SSSR count). The molecule has 22 heavy (non-hydrogen) atoms. The van der Waals surface area contributed by atoms with Gasteiger partial charge in [-0.25, -0.2) is 4.79 Å². The van der Waals surface area contributed by atoms with Gasteiger partial charge in [-0.15, -0.1) is 6.42 Å². The first-order chi connectivity index (χ1) is 10.6. The van der Waals surface area contributed by atoms with Crippen LogP contribution in [0.2, 0.25) is 10.0 Å². The minimum absolute atomic E-state index is 0.130. The van der Waals surface area contributed by atoms with Crippen molar-refractivity contribution in [2.45, 2.75) is 6.10 Å². The molecule has 0 bridgehead atoms. The van der Waals surface area contributed by atoms with Crippen LogP contribution < -0.4 is 4.74 Å². The van der Waals surface area contributed by atoms with Gasteiger partial charge in [-0.05, 0) is 12.1 Å². The molecule has 3 nitrogen and oxygen atoms in total. The topological polar surface area (TPSA) is 35.5 Å². The predicted molar refractivity (Wildman–Crippen MR) is 86.1 cm³/mol. The molecule has 2 aromatic rings. The zero-order valence-electron chi connectivity index (χ0n) is 11.5. The molecule has 1 atom stereocenters. The van der Waals surface area contributed by atoms with Crippen molar-refractivity contribution in [3.8, 4) is 18.1 Å². The van der Waals surface area contributed by atoms with Gasteiger partial charge in [-0.2, -0.15) is 0 Å². The first-order valence-corrected chi connectivity index (χ1v) is 7.14. The molecular weight excluding hydrogens is 323 g/mol. The summed E-state index contributed by atoms with van der Waals surface area (Å²) in [7, 11) is 0. The zero-order valence-corrected chi connectivity index (χ0v) is 13.0. The van der Waals surface area contributed by atoms with E-state index in [-0.39, 0.29) is 11.6 Å². The summed E-state index contributed by atoms with van der Waals surface area (Å²) >= 11 is 12.0. The van der Waals surface area contributed by atoms with E-state index in [4.69, 9.17) is 39.1 Å². The van der Waals surface area contributed by atoms with Crippen LogP contribution in [0.3, 0.4) is 0 Å². The number of terminal acetylenes is 1. The van der Waals surface area contributed by atoms with Crippen molar-refractivity contribution < 1.29 is 14.3 Å². The van der Waals surface area contributed by atoms with Gasteiger partial charge >= 0.3 is 5.97 Å². The van der Waals surface area contributed by atoms with E-state index in [0.717, 1.165) is 0 Å². The third-order valence-corrected chi connectivity index (χ3v) is 3.58. The fourth-order valence-electron chi connectivity index (χ4n) is 1.77. The molecule has 0 aliphatic rings. The minimum Gasteiger partial charge on any atom is -0.472 e. The summed E-state index contributed by atoms with van der Waals surface area (Å²) in [6.45, 7) is -0.130. The van der Waals surface area contributed by atoms with Crippen LogP contribution in [0.15, 0.2) is 48.5 Å². The van der Waals surface area contributed by atoms with Crippen molar-refractivity contribution in [2.75, 3.05) is 6.61 Å². The first-order valence-electron chi connectivity index (χ1n) is 6.39. The molecule has 0 aliphatic heterocycles. The van der Waals surface area contributed by atoms with Crippen LogP contribution >= 0.6 is 23.2 Å². The van der Waals surface area contributed by atoms with Crippen LogP contribution in [0.5, 0.6) is 5.75 Å². The molecule has 0 aromatic heterocycles. The van der Waals surface area contributed by atoms with E-state index in [1.807, 2.05) is 6.07 Å². The highest BCUT2D eigenvalue weighted by Crippen LogP contribution is 2.34. The van der Waals surface area contributed by atoms with E-state index >= 15 is 0 Å². The van der Waals surface area contributed by atoms with Crippen LogP contribution in [0.4, 0.5) is 0 Å². The molecule has 0 fully saturated rings. The highest BCUT2D eigenvalue weighted by molar-refractivity contribution is 6.42. The van der Waals surface area contributed by atoms with Crippen LogP contribution in [0.25, 0.3) is 0 Å². The van der Waals surface area contributed by atoms with Crippen LogP contribution in [0.1, 0.15) is 11.7 Å².